The first-order chi connectivity index (χ1) is 10.3. The van der Waals surface area contributed by atoms with Crippen molar-refractivity contribution in [3.63, 3.8) is 0 Å². The van der Waals surface area contributed by atoms with Gasteiger partial charge >= 0.3 is 5.97 Å². The number of aliphatic hydroxyl groups is 1. The van der Waals surface area contributed by atoms with Crippen LogP contribution in [0.2, 0.25) is 0 Å². The molecule has 116 valence electrons. The molecule has 0 bridgehead atoms. The summed E-state index contributed by atoms with van der Waals surface area (Å²) in [4.78, 5) is 11.0. The second-order valence-corrected chi connectivity index (χ2v) is 5.73. The van der Waals surface area contributed by atoms with Gasteiger partial charge in [-0.25, -0.2) is 4.39 Å². The Bertz CT molecular complexity index is 647. The van der Waals surface area contributed by atoms with E-state index in [-0.39, 0.29) is 18.2 Å². The fraction of sp³-hybridized carbons (Fsp3) is 0.278. The zero-order valence-electron chi connectivity index (χ0n) is 12.6. The molecule has 1 unspecified atom stereocenters. The zero-order valence-corrected chi connectivity index (χ0v) is 12.6. The highest BCUT2D eigenvalue weighted by molar-refractivity contribution is 5.69. The second kappa shape index (κ2) is 6.28. The van der Waals surface area contributed by atoms with Crippen molar-refractivity contribution in [2.75, 3.05) is 0 Å². The van der Waals surface area contributed by atoms with Gasteiger partial charge in [0.25, 0.3) is 0 Å². The van der Waals surface area contributed by atoms with Gasteiger partial charge in [0.2, 0.25) is 0 Å². The van der Waals surface area contributed by atoms with Gasteiger partial charge < -0.3 is 10.2 Å². The number of rotatable bonds is 5. The van der Waals surface area contributed by atoms with Crippen molar-refractivity contribution in [1.29, 1.82) is 0 Å². The van der Waals surface area contributed by atoms with E-state index in [1.54, 1.807) is 50.2 Å². The highest BCUT2D eigenvalue weighted by Gasteiger charge is 2.35. The molecule has 0 aromatic heterocycles. The molecule has 0 aliphatic rings. The second-order valence-electron chi connectivity index (χ2n) is 5.73. The van der Waals surface area contributed by atoms with E-state index in [0.717, 1.165) is 11.1 Å². The summed E-state index contributed by atoms with van der Waals surface area (Å²) in [6, 6.07) is 13.2. The first-order valence-corrected chi connectivity index (χ1v) is 7.13. The molecule has 0 radical (unpaired) electrons. The Kier molecular flexibility index (Phi) is 4.62. The van der Waals surface area contributed by atoms with Crippen LogP contribution in [0.1, 0.15) is 25.8 Å². The molecule has 0 saturated heterocycles. The van der Waals surface area contributed by atoms with Crippen LogP contribution in [0.15, 0.2) is 48.5 Å². The minimum absolute atomic E-state index is 0.236. The fourth-order valence-electron chi connectivity index (χ4n) is 2.46. The molecule has 22 heavy (non-hydrogen) atoms. The molecule has 0 aliphatic carbocycles. The minimum atomic E-state index is -1.41. The summed E-state index contributed by atoms with van der Waals surface area (Å²) in [5.74, 6) is -1.57. The first-order valence-electron chi connectivity index (χ1n) is 7.13. The summed E-state index contributed by atoms with van der Waals surface area (Å²) < 4.78 is 12.9. The molecule has 2 aromatic carbocycles. The van der Waals surface area contributed by atoms with Crippen LogP contribution in [0.3, 0.4) is 0 Å². The maximum atomic E-state index is 12.9. The first kappa shape index (κ1) is 16.2. The summed E-state index contributed by atoms with van der Waals surface area (Å²) in [5, 5.41) is 19.7. The van der Waals surface area contributed by atoms with Crippen molar-refractivity contribution in [3.05, 3.63) is 59.9 Å². The number of benzene rings is 2. The molecule has 0 fully saturated rings. The van der Waals surface area contributed by atoms with Crippen LogP contribution < -0.4 is 0 Å². The monoisotopic (exact) mass is 302 g/mol. The number of carbonyl (C=O) groups is 1. The van der Waals surface area contributed by atoms with E-state index >= 15 is 0 Å². The summed E-state index contributed by atoms with van der Waals surface area (Å²) in [6.45, 7) is 3.58. The molecule has 1 atom stereocenters. The largest absolute Gasteiger partial charge is 0.481 e. The predicted octanol–water partition coefficient (Wildman–Crippen LogP) is 3.81. The lowest BCUT2D eigenvalue weighted by molar-refractivity contribution is -0.145. The Morgan fingerprint density at radius 1 is 1.05 bits per heavy atom. The normalized spacial score (nSPS) is 13.9. The van der Waals surface area contributed by atoms with Gasteiger partial charge in [-0.05, 0) is 34.7 Å². The lowest BCUT2D eigenvalue weighted by atomic mass is 9.80. The van der Waals surface area contributed by atoms with Gasteiger partial charge in [-0.1, -0.05) is 50.2 Å². The molecule has 0 aliphatic heterocycles. The Morgan fingerprint density at radius 2 is 1.50 bits per heavy atom. The third-order valence-electron chi connectivity index (χ3n) is 3.94. The van der Waals surface area contributed by atoms with E-state index < -0.39 is 11.6 Å². The van der Waals surface area contributed by atoms with Crippen LogP contribution >= 0.6 is 0 Å². The van der Waals surface area contributed by atoms with Crippen molar-refractivity contribution >= 4 is 5.97 Å². The van der Waals surface area contributed by atoms with Gasteiger partial charge in [-0.2, -0.15) is 0 Å². The number of hydrogen-bond donors (Lipinski definition) is 2. The fourth-order valence-corrected chi connectivity index (χ4v) is 2.46. The highest BCUT2D eigenvalue weighted by Crippen LogP contribution is 2.34. The number of carboxylic acid groups (broad SMARTS) is 1. The van der Waals surface area contributed by atoms with Gasteiger partial charge in [0, 0.05) is 0 Å². The summed E-state index contributed by atoms with van der Waals surface area (Å²) in [5.41, 5.74) is 0.896. The minimum Gasteiger partial charge on any atom is -0.481 e. The zero-order chi connectivity index (χ0) is 16.3. The Balaban J connectivity index is 2.34. The average molecular weight is 302 g/mol. The van der Waals surface area contributed by atoms with Gasteiger partial charge in [-0.3, -0.25) is 4.79 Å². The highest BCUT2D eigenvalue weighted by atomic mass is 19.1. The Labute approximate surface area is 129 Å². The van der Waals surface area contributed by atoms with E-state index in [2.05, 4.69) is 0 Å². The molecular weight excluding hydrogens is 283 g/mol. The molecule has 0 saturated carbocycles. The molecule has 0 amide bonds. The van der Waals surface area contributed by atoms with E-state index in [1.807, 2.05) is 0 Å². The van der Waals surface area contributed by atoms with Crippen molar-refractivity contribution in [2.24, 2.45) is 5.92 Å². The Morgan fingerprint density at radius 3 is 1.91 bits per heavy atom. The lowest BCUT2D eigenvalue weighted by Gasteiger charge is -2.31. The standard InChI is InChI=1S/C18H19FO3/c1-12(2)18(22,11-17(20)21)15-7-3-13(4-8-15)14-5-9-16(19)10-6-14/h3-10,12,22H,11H2,1-2H3,(H,20,21). The van der Waals surface area contributed by atoms with Gasteiger partial charge in [-0.15, -0.1) is 0 Å². The predicted molar refractivity (Wildman–Crippen MR) is 82.8 cm³/mol. The number of hydrogen-bond acceptors (Lipinski definition) is 2. The summed E-state index contributed by atoms with van der Waals surface area (Å²) in [6.07, 6.45) is -0.347. The maximum absolute atomic E-state index is 12.9. The molecule has 0 heterocycles. The van der Waals surface area contributed by atoms with Gasteiger partial charge in [0.1, 0.15) is 11.4 Å². The van der Waals surface area contributed by atoms with Gasteiger partial charge in [0.15, 0.2) is 0 Å². The topological polar surface area (TPSA) is 57.5 Å². The van der Waals surface area contributed by atoms with Crippen molar-refractivity contribution in [3.8, 4) is 11.1 Å². The number of aliphatic carboxylic acids is 1. The molecule has 2 rings (SSSR count). The summed E-state index contributed by atoms with van der Waals surface area (Å²) in [7, 11) is 0. The van der Waals surface area contributed by atoms with Crippen LogP contribution in [0.5, 0.6) is 0 Å². The number of halogens is 1. The Hall–Kier alpha value is -2.20. The third-order valence-corrected chi connectivity index (χ3v) is 3.94. The van der Waals surface area contributed by atoms with Crippen molar-refractivity contribution < 1.29 is 19.4 Å². The third kappa shape index (κ3) is 3.34. The molecule has 0 spiro atoms. The molecule has 4 heteroatoms. The van der Waals surface area contributed by atoms with Crippen LogP contribution in [-0.2, 0) is 10.4 Å². The summed E-state index contributed by atoms with van der Waals surface area (Å²) >= 11 is 0. The van der Waals surface area contributed by atoms with E-state index in [9.17, 15) is 14.3 Å². The van der Waals surface area contributed by atoms with E-state index in [0.29, 0.717) is 5.56 Å². The maximum Gasteiger partial charge on any atom is 0.306 e. The van der Waals surface area contributed by atoms with E-state index in [1.165, 1.54) is 12.1 Å². The van der Waals surface area contributed by atoms with Crippen LogP contribution in [0.4, 0.5) is 4.39 Å². The SMILES string of the molecule is CC(C)C(O)(CC(=O)O)c1ccc(-c2ccc(F)cc2)cc1. The van der Waals surface area contributed by atoms with Gasteiger partial charge in [0.05, 0.1) is 6.42 Å². The molecule has 2 N–H and O–H groups in total. The van der Waals surface area contributed by atoms with Crippen LogP contribution in [0.25, 0.3) is 11.1 Å². The quantitative estimate of drug-likeness (QED) is 0.883. The van der Waals surface area contributed by atoms with Crippen molar-refractivity contribution in [2.45, 2.75) is 25.9 Å². The lowest BCUT2D eigenvalue weighted by Crippen LogP contribution is -2.34. The van der Waals surface area contributed by atoms with Crippen LogP contribution in [-0.4, -0.2) is 16.2 Å². The van der Waals surface area contributed by atoms with E-state index in [4.69, 9.17) is 5.11 Å². The number of carboxylic acids is 1. The smallest absolute Gasteiger partial charge is 0.306 e. The molecule has 3 nitrogen and oxygen atoms in total. The average Bonchev–Trinajstić information content (AvgIpc) is 2.47. The van der Waals surface area contributed by atoms with Crippen molar-refractivity contribution in [1.82, 2.24) is 0 Å². The van der Waals surface area contributed by atoms with Crippen LogP contribution in [0, 0.1) is 11.7 Å². The molecular formula is C18H19FO3. The molecule has 2 aromatic rings.